The van der Waals surface area contributed by atoms with Gasteiger partial charge in [0.2, 0.25) is 0 Å². The van der Waals surface area contributed by atoms with Gasteiger partial charge in [0.1, 0.15) is 12.6 Å². The minimum atomic E-state index is -0.410. The molecule has 1 saturated heterocycles. The molecule has 0 aliphatic carbocycles. The third kappa shape index (κ3) is 2.54. The molecule has 1 aromatic rings. The molecule has 0 spiro atoms. The van der Waals surface area contributed by atoms with Gasteiger partial charge in [-0.05, 0) is 25.0 Å². The lowest BCUT2D eigenvalue weighted by atomic mass is 9.77. The van der Waals surface area contributed by atoms with Crippen molar-refractivity contribution in [3.05, 3.63) is 30.3 Å². The Bertz CT molecular complexity index is 380. The third-order valence-corrected chi connectivity index (χ3v) is 3.62. The summed E-state index contributed by atoms with van der Waals surface area (Å²) in [6.45, 7) is 1.69. The second-order valence-corrected chi connectivity index (χ2v) is 4.67. The SMILES string of the molecule is O=CCC1(C=O)CCN(c2ccccc2)CC1. The summed E-state index contributed by atoms with van der Waals surface area (Å²) in [6.07, 6.45) is 3.74. The van der Waals surface area contributed by atoms with Crippen LogP contribution < -0.4 is 4.90 Å². The van der Waals surface area contributed by atoms with E-state index in [9.17, 15) is 9.59 Å². The van der Waals surface area contributed by atoms with E-state index in [1.165, 1.54) is 5.69 Å². The molecule has 0 bridgehead atoms. The first-order valence-corrected chi connectivity index (χ1v) is 6.00. The minimum absolute atomic E-state index is 0.360. The van der Waals surface area contributed by atoms with Crippen LogP contribution >= 0.6 is 0 Å². The topological polar surface area (TPSA) is 37.4 Å². The van der Waals surface area contributed by atoms with Gasteiger partial charge in [-0.15, -0.1) is 0 Å². The van der Waals surface area contributed by atoms with Crippen LogP contribution in [-0.4, -0.2) is 25.7 Å². The van der Waals surface area contributed by atoms with E-state index >= 15 is 0 Å². The maximum Gasteiger partial charge on any atom is 0.126 e. The highest BCUT2D eigenvalue weighted by molar-refractivity contribution is 5.67. The number of nitrogens with zero attached hydrogens (tertiary/aromatic N) is 1. The molecule has 2 rings (SSSR count). The number of anilines is 1. The Kier molecular flexibility index (Phi) is 3.57. The van der Waals surface area contributed by atoms with E-state index in [2.05, 4.69) is 17.0 Å². The number of para-hydroxylation sites is 1. The molecule has 0 N–H and O–H groups in total. The first kappa shape index (κ1) is 11.8. The zero-order valence-corrected chi connectivity index (χ0v) is 9.84. The van der Waals surface area contributed by atoms with Crippen LogP contribution in [0.3, 0.4) is 0 Å². The van der Waals surface area contributed by atoms with Crippen molar-refractivity contribution in [3.63, 3.8) is 0 Å². The van der Waals surface area contributed by atoms with Gasteiger partial charge in [-0.25, -0.2) is 0 Å². The van der Waals surface area contributed by atoms with Crippen molar-refractivity contribution in [1.29, 1.82) is 0 Å². The first-order valence-electron chi connectivity index (χ1n) is 6.00. The normalized spacial score (nSPS) is 18.7. The number of carbonyl (C=O) groups excluding carboxylic acids is 2. The summed E-state index contributed by atoms with van der Waals surface area (Å²) in [5.74, 6) is 0. The molecular weight excluding hydrogens is 214 g/mol. The molecule has 1 aliphatic heterocycles. The van der Waals surface area contributed by atoms with Gasteiger partial charge < -0.3 is 14.5 Å². The number of rotatable bonds is 4. The highest BCUT2D eigenvalue weighted by Crippen LogP contribution is 2.33. The van der Waals surface area contributed by atoms with Gasteiger partial charge >= 0.3 is 0 Å². The van der Waals surface area contributed by atoms with Crippen LogP contribution in [0.4, 0.5) is 5.69 Å². The van der Waals surface area contributed by atoms with Crippen molar-refractivity contribution in [3.8, 4) is 0 Å². The van der Waals surface area contributed by atoms with Crippen LogP contribution in [0, 0.1) is 5.41 Å². The van der Waals surface area contributed by atoms with Gasteiger partial charge in [-0.2, -0.15) is 0 Å². The summed E-state index contributed by atoms with van der Waals surface area (Å²) in [4.78, 5) is 24.0. The third-order valence-electron chi connectivity index (χ3n) is 3.62. The monoisotopic (exact) mass is 231 g/mol. The van der Waals surface area contributed by atoms with Crippen LogP contribution in [0.25, 0.3) is 0 Å². The quantitative estimate of drug-likeness (QED) is 0.744. The molecule has 1 aromatic carbocycles. The molecule has 0 unspecified atom stereocenters. The molecule has 0 saturated carbocycles. The van der Waals surface area contributed by atoms with Gasteiger partial charge in [0, 0.05) is 30.6 Å². The Balaban J connectivity index is 2.02. The van der Waals surface area contributed by atoms with E-state index in [4.69, 9.17) is 0 Å². The fourth-order valence-corrected chi connectivity index (χ4v) is 2.39. The van der Waals surface area contributed by atoms with E-state index in [0.717, 1.165) is 38.5 Å². The van der Waals surface area contributed by atoms with Crippen molar-refractivity contribution >= 4 is 18.3 Å². The lowest BCUT2D eigenvalue weighted by molar-refractivity contribution is -0.121. The summed E-state index contributed by atoms with van der Waals surface area (Å²) < 4.78 is 0. The Morgan fingerprint density at radius 1 is 1.12 bits per heavy atom. The number of hydrogen-bond donors (Lipinski definition) is 0. The molecule has 17 heavy (non-hydrogen) atoms. The Hall–Kier alpha value is -1.64. The van der Waals surface area contributed by atoms with Crippen LogP contribution in [0.5, 0.6) is 0 Å². The van der Waals surface area contributed by atoms with Gasteiger partial charge in [0.15, 0.2) is 0 Å². The highest BCUT2D eigenvalue weighted by Gasteiger charge is 2.33. The summed E-state index contributed by atoms with van der Waals surface area (Å²) in [7, 11) is 0. The van der Waals surface area contributed by atoms with E-state index in [0.29, 0.717) is 6.42 Å². The maximum atomic E-state index is 11.1. The van der Waals surface area contributed by atoms with Crippen molar-refractivity contribution in [2.75, 3.05) is 18.0 Å². The van der Waals surface area contributed by atoms with Crippen molar-refractivity contribution < 1.29 is 9.59 Å². The molecule has 0 amide bonds. The van der Waals surface area contributed by atoms with Crippen molar-refractivity contribution in [2.45, 2.75) is 19.3 Å². The van der Waals surface area contributed by atoms with E-state index in [1.807, 2.05) is 18.2 Å². The second kappa shape index (κ2) is 5.13. The van der Waals surface area contributed by atoms with Gasteiger partial charge in [0.05, 0.1) is 0 Å². The van der Waals surface area contributed by atoms with E-state index < -0.39 is 5.41 Å². The summed E-state index contributed by atoms with van der Waals surface area (Å²) in [5, 5.41) is 0. The number of benzene rings is 1. The van der Waals surface area contributed by atoms with E-state index in [-0.39, 0.29) is 0 Å². The lowest BCUT2D eigenvalue weighted by Crippen LogP contribution is -2.41. The largest absolute Gasteiger partial charge is 0.371 e. The average Bonchev–Trinajstić information content (AvgIpc) is 2.41. The van der Waals surface area contributed by atoms with Crippen molar-refractivity contribution in [2.24, 2.45) is 5.41 Å². The fourth-order valence-electron chi connectivity index (χ4n) is 2.39. The fraction of sp³-hybridized carbons (Fsp3) is 0.429. The number of hydrogen-bond acceptors (Lipinski definition) is 3. The Labute approximate surface area is 101 Å². The Morgan fingerprint density at radius 3 is 2.29 bits per heavy atom. The minimum Gasteiger partial charge on any atom is -0.371 e. The number of aldehydes is 2. The van der Waals surface area contributed by atoms with Gasteiger partial charge in [-0.1, -0.05) is 18.2 Å². The standard InChI is InChI=1S/C14H17NO2/c16-11-8-14(12-17)6-9-15(10-7-14)13-4-2-1-3-5-13/h1-5,11-12H,6-10H2. The molecule has 0 radical (unpaired) electrons. The molecule has 3 heteroatoms. The second-order valence-electron chi connectivity index (χ2n) is 4.67. The zero-order valence-electron chi connectivity index (χ0n) is 9.84. The van der Waals surface area contributed by atoms with Crippen LogP contribution in [0.2, 0.25) is 0 Å². The van der Waals surface area contributed by atoms with Crippen LogP contribution in [0.1, 0.15) is 19.3 Å². The molecule has 0 atom stereocenters. The highest BCUT2D eigenvalue weighted by atomic mass is 16.1. The summed E-state index contributed by atoms with van der Waals surface area (Å²) >= 11 is 0. The van der Waals surface area contributed by atoms with Crippen LogP contribution in [0.15, 0.2) is 30.3 Å². The summed E-state index contributed by atoms with van der Waals surface area (Å²) in [6, 6.07) is 10.2. The number of piperidine rings is 1. The number of carbonyl (C=O) groups is 2. The maximum absolute atomic E-state index is 11.1. The van der Waals surface area contributed by atoms with Crippen molar-refractivity contribution in [1.82, 2.24) is 0 Å². The first-order chi connectivity index (χ1) is 8.29. The molecule has 1 heterocycles. The van der Waals surface area contributed by atoms with Gasteiger partial charge in [0.25, 0.3) is 0 Å². The molecular formula is C14H17NO2. The molecule has 3 nitrogen and oxygen atoms in total. The smallest absolute Gasteiger partial charge is 0.126 e. The summed E-state index contributed by atoms with van der Waals surface area (Å²) in [5.41, 5.74) is 0.783. The predicted octanol–water partition coefficient (Wildman–Crippen LogP) is 2.06. The van der Waals surface area contributed by atoms with Gasteiger partial charge in [-0.3, -0.25) is 0 Å². The molecule has 1 aliphatic rings. The van der Waals surface area contributed by atoms with Crippen LogP contribution in [-0.2, 0) is 9.59 Å². The lowest BCUT2D eigenvalue weighted by Gasteiger charge is -2.38. The predicted molar refractivity (Wildman–Crippen MR) is 67.1 cm³/mol. The average molecular weight is 231 g/mol. The molecule has 90 valence electrons. The van der Waals surface area contributed by atoms with E-state index in [1.54, 1.807) is 0 Å². The molecule has 0 aromatic heterocycles. The molecule has 1 fully saturated rings. The Morgan fingerprint density at radius 2 is 1.76 bits per heavy atom. The zero-order chi connectivity index (χ0) is 12.1.